The van der Waals surface area contributed by atoms with Crippen molar-refractivity contribution in [1.82, 2.24) is 0 Å². The fourth-order valence-corrected chi connectivity index (χ4v) is 3.54. The number of esters is 1. The summed E-state index contributed by atoms with van der Waals surface area (Å²) in [7, 11) is 1.37. The molecule has 1 aromatic carbocycles. The van der Waals surface area contributed by atoms with E-state index in [1.54, 1.807) is 6.08 Å². The Kier molecular flexibility index (Phi) is 7.28. The summed E-state index contributed by atoms with van der Waals surface area (Å²) in [6.45, 7) is 13.0. The molecular weight excluding hydrogens is 312 g/mol. The lowest BCUT2D eigenvalue weighted by Crippen LogP contribution is -2.22. The lowest BCUT2D eigenvalue weighted by atomic mass is 9.73. The van der Waals surface area contributed by atoms with Crippen molar-refractivity contribution in [3.63, 3.8) is 0 Å². The third kappa shape index (κ3) is 5.35. The molecule has 0 aliphatic carbocycles. The van der Waals surface area contributed by atoms with E-state index in [1.807, 2.05) is 12.1 Å². The van der Waals surface area contributed by atoms with Crippen LogP contribution in [0.15, 0.2) is 18.2 Å². The highest BCUT2D eigenvalue weighted by Crippen LogP contribution is 2.43. The highest BCUT2D eigenvalue weighted by Gasteiger charge is 2.30. The van der Waals surface area contributed by atoms with Crippen LogP contribution in [0.3, 0.4) is 0 Å². The van der Waals surface area contributed by atoms with Crippen LogP contribution < -0.4 is 0 Å². The van der Waals surface area contributed by atoms with Gasteiger partial charge in [-0.15, -0.1) is 0 Å². The van der Waals surface area contributed by atoms with E-state index in [2.05, 4.69) is 41.5 Å². The summed E-state index contributed by atoms with van der Waals surface area (Å²) in [5.74, 6) is 0.0175. The van der Waals surface area contributed by atoms with Crippen LogP contribution in [0.1, 0.15) is 83.9 Å². The summed E-state index contributed by atoms with van der Waals surface area (Å²) in [5, 5.41) is 11.0. The van der Waals surface area contributed by atoms with Gasteiger partial charge in [-0.3, -0.25) is 0 Å². The molecule has 0 atom stereocenters. The molecule has 0 saturated carbocycles. The lowest BCUT2D eigenvalue weighted by molar-refractivity contribution is -0.134. The van der Waals surface area contributed by atoms with Gasteiger partial charge in [0, 0.05) is 17.2 Å². The van der Waals surface area contributed by atoms with E-state index in [0.717, 1.165) is 42.4 Å². The van der Waals surface area contributed by atoms with Gasteiger partial charge in [-0.2, -0.15) is 0 Å². The van der Waals surface area contributed by atoms with Crippen molar-refractivity contribution in [2.24, 2.45) is 0 Å². The van der Waals surface area contributed by atoms with Crippen LogP contribution in [0.5, 0.6) is 5.75 Å². The Bertz CT molecular complexity index is 585. The standard InChI is InChI=1S/C22H34O3/c1-8-12-21(3,4)17-14-16(10-11-19(23)25-7)15-18(20(17)24)22(5,6)13-9-2/h10-11,14-15,24H,8-9,12-13H2,1-7H3/b11-10+. The molecule has 0 bridgehead atoms. The van der Waals surface area contributed by atoms with E-state index in [-0.39, 0.29) is 16.8 Å². The minimum Gasteiger partial charge on any atom is -0.507 e. The Morgan fingerprint density at radius 3 is 1.84 bits per heavy atom. The predicted octanol–water partition coefficient (Wildman–Crippen LogP) is 5.73. The fraction of sp³-hybridized carbons (Fsp3) is 0.591. The number of phenolic OH excluding ortho intramolecular Hbond substituents is 1. The van der Waals surface area contributed by atoms with E-state index >= 15 is 0 Å². The second-order valence-electron chi connectivity index (χ2n) is 8.09. The molecule has 0 aromatic heterocycles. The number of hydrogen-bond acceptors (Lipinski definition) is 3. The van der Waals surface area contributed by atoms with E-state index in [0.29, 0.717) is 5.75 Å². The molecule has 0 heterocycles. The zero-order valence-corrected chi connectivity index (χ0v) is 16.9. The first-order valence-electron chi connectivity index (χ1n) is 9.23. The molecule has 3 heteroatoms. The zero-order valence-electron chi connectivity index (χ0n) is 16.9. The number of rotatable bonds is 8. The van der Waals surface area contributed by atoms with Crippen molar-refractivity contribution in [2.45, 2.75) is 78.1 Å². The second kappa shape index (κ2) is 8.55. The summed E-state index contributed by atoms with van der Waals surface area (Å²) >= 11 is 0. The average molecular weight is 347 g/mol. The first kappa shape index (κ1) is 21.3. The first-order chi connectivity index (χ1) is 11.6. The van der Waals surface area contributed by atoms with E-state index in [1.165, 1.54) is 13.2 Å². The van der Waals surface area contributed by atoms with Crippen molar-refractivity contribution < 1.29 is 14.6 Å². The van der Waals surface area contributed by atoms with Crippen molar-refractivity contribution in [3.8, 4) is 5.75 Å². The molecule has 0 aliphatic rings. The quantitative estimate of drug-likeness (QED) is 0.483. The number of phenols is 1. The summed E-state index contributed by atoms with van der Waals surface area (Å²) < 4.78 is 4.69. The third-order valence-electron chi connectivity index (χ3n) is 4.95. The summed E-state index contributed by atoms with van der Waals surface area (Å²) in [6.07, 6.45) is 7.25. The Hall–Kier alpha value is -1.77. The van der Waals surface area contributed by atoms with E-state index < -0.39 is 0 Å². The first-order valence-corrected chi connectivity index (χ1v) is 9.23. The van der Waals surface area contributed by atoms with Gasteiger partial charge in [0.05, 0.1) is 7.11 Å². The molecule has 3 nitrogen and oxygen atoms in total. The molecule has 0 saturated heterocycles. The normalized spacial score (nSPS) is 12.6. The van der Waals surface area contributed by atoms with Crippen LogP contribution in [-0.2, 0) is 20.4 Å². The van der Waals surface area contributed by atoms with Gasteiger partial charge in [-0.1, -0.05) is 54.4 Å². The van der Waals surface area contributed by atoms with Gasteiger partial charge in [0.2, 0.25) is 0 Å². The third-order valence-corrected chi connectivity index (χ3v) is 4.95. The fourth-order valence-electron chi connectivity index (χ4n) is 3.54. The zero-order chi connectivity index (χ0) is 19.3. The molecule has 25 heavy (non-hydrogen) atoms. The molecule has 0 amide bonds. The average Bonchev–Trinajstić information content (AvgIpc) is 2.52. The molecule has 1 N–H and O–H groups in total. The summed E-state index contributed by atoms with van der Waals surface area (Å²) in [6, 6.07) is 3.99. The van der Waals surface area contributed by atoms with Gasteiger partial charge in [-0.05, 0) is 47.4 Å². The van der Waals surface area contributed by atoms with Gasteiger partial charge >= 0.3 is 5.97 Å². The number of aromatic hydroxyl groups is 1. The van der Waals surface area contributed by atoms with Crippen LogP contribution in [0.25, 0.3) is 6.08 Å². The lowest BCUT2D eigenvalue weighted by Gasteiger charge is -2.32. The highest BCUT2D eigenvalue weighted by atomic mass is 16.5. The summed E-state index contributed by atoms with van der Waals surface area (Å²) in [4.78, 5) is 11.5. The van der Waals surface area contributed by atoms with Crippen LogP contribution in [0.4, 0.5) is 0 Å². The number of methoxy groups -OCH3 is 1. The van der Waals surface area contributed by atoms with Gasteiger partial charge in [0.1, 0.15) is 5.75 Å². The monoisotopic (exact) mass is 346 g/mol. The molecule has 140 valence electrons. The van der Waals surface area contributed by atoms with Crippen LogP contribution in [0.2, 0.25) is 0 Å². The molecule has 1 rings (SSSR count). The van der Waals surface area contributed by atoms with Crippen LogP contribution in [0, 0.1) is 0 Å². The minimum atomic E-state index is -0.378. The number of carbonyl (C=O) groups excluding carboxylic acids is 1. The Labute approximate surface area is 153 Å². The van der Waals surface area contributed by atoms with Crippen LogP contribution >= 0.6 is 0 Å². The molecule has 0 aliphatic heterocycles. The molecule has 1 aromatic rings. The second-order valence-corrected chi connectivity index (χ2v) is 8.09. The van der Waals surface area contributed by atoms with Crippen molar-refractivity contribution in [3.05, 3.63) is 34.9 Å². The maximum absolute atomic E-state index is 11.5. The van der Waals surface area contributed by atoms with Crippen LogP contribution in [-0.4, -0.2) is 18.2 Å². The number of ether oxygens (including phenoxy) is 1. The molecule has 0 radical (unpaired) electrons. The number of hydrogen-bond donors (Lipinski definition) is 1. The van der Waals surface area contributed by atoms with Crippen molar-refractivity contribution in [2.75, 3.05) is 7.11 Å². The topological polar surface area (TPSA) is 46.5 Å². The van der Waals surface area contributed by atoms with E-state index in [4.69, 9.17) is 4.74 Å². The number of benzene rings is 1. The largest absolute Gasteiger partial charge is 0.507 e. The molecule has 0 unspecified atom stereocenters. The number of carbonyl (C=O) groups is 1. The van der Waals surface area contributed by atoms with Gasteiger partial charge in [-0.25, -0.2) is 4.79 Å². The maximum atomic E-state index is 11.5. The molecule has 0 spiro atoms. The Balaban J connectivity index is 3.56. The van der Waals surface area contributed by atoms with E-state index in [9.17, 15) is 9.90 Å². The predicted molar refractivity (Wildman–Crippen MR) is 105 cm³/mol. The van der Waals surface area contributed by atoms with Gasteiger partial charge < -0.3 is 9.84 Å². The molecular formula is C22H34O3. The summed E-state index contributed by atoms with van der Waals surface area (Å²) in [5.41, 5.74) is 2.54. The smallest absolute Gasteiger partial charge is 0.330 e. The Morgan fingerprint density at radius 2 is 1.48 bits per heavy atom. The Morgan fingerprint density at radius 1 is 1.04 bits per heavy atom. The SMILES string of the molecule is CCCC(C)(C)c1cc(/C=C/C(=O)OC)cc(C(C)(C)CCC)c1O. The van der Waals surface area contributed by atoms with Gasteiger partial charge in [0.25, 0.3) is 0 Å². The minimum absolute atomic E-state index is 0.134. The van der Waals surface area contributed by atoms with Crippen molar-refractivity contribution in [1.29, 1.82) is 0 Å². The van der Waals surface area contributed by atoms with Crippen molar-refractivity contribution >= 4 is 12.0 Å². The highest BCUT2D eigenvalue weighted by molar-refractivity contribution is 5.87. The van der Waals surface area contributed by atoms with Gasteiger partial charge in [0.15, 0.2) is 0 Å². The maximum Gasteiger partial charge on any atom is 0.330 e. The molecule has 0 fully saturated rings.